The summed E-state index contributed by atoms with van der Waals surface area (Å²) in [6.07, 6.45) is 4.69. The highest BCUT2D eigenvalue weighted by Crippen LogP contribution is 2.41. The molecule has 0 unspecified atom stereocenters. The van der Waals surface area contributed by atoms with E-state index >= 15 is 0 Å². The van der Waals surface area contributed by atoms with Crippen molar-refractivity contribution in [3.05, 3.63) is 52.8 Å². The van der Waals surface area contributed by atoms with E-state index in [1.807, 2.05) is 36.6 Å². The van der Waals surface area contributed by atoms with Crippen LogP contribution in [0.4, 0.5) is 5.95 Å². The molecular weight excluding hydrogens is 450 g/mol. The highest BCUT2D eigenvalue weighted by Gasteiger charge is 2.32. The molecule has 0 amide bonds. The molecule has 1 aliphatic carbocycles. The van der Waals surface area contributed by atoms with Crippen molar-refractivity contribution in [1.29, 1.82) is 0 Å². The van der Waals surface area contributed by atoms with Gasteiger partial charge in [-0.2, -0.15) is 0 Å². The molecule has 0 atom stereocenters. The number of ether oxygens (including phenoxy) is 1. The van der Waals surface area contributed by atoms with E-state index < -0.39 is 0 Å². The SMILES string of the molecule is COC(=O)c1ccc(-n2c(C)cc(C(=O)CSc3nnc(N4CCCC4)n3C3CC3)c2C)cc1. The Morgan fingerprint density at radius 3 is 2.44 bits per heavy atom. The lowest BCUT2D eigenvalue weighted by molar-refractivity contribution is 0.0600. The number of benzene rings is 1. The average molecular weight is 480 g/mol. The van der Waals surface area contributed by atoms with Gasteiger partial charge < -0.3 is 14.2 Å². The quantitative estimate of drug-likeness (QED) is 0.269. The van der Waals surface area contributed by atoms with Gasteiger partial charge in [-0.05, 0) is 69.9 Å². The number of hydrogen-bond acceptors (Lipinski definition) is 7. The van der Waals surface area contributed by atoms with Crippen molar-refractivity contribution in [2.24, 2.45) is 0 Å². The van der Waals surface area contributed by atoms with E-state index in [0.29, 0.717) is 22.9 Å². The van der Waals surface area contributed by atoms with E-state index in [4.69, 9.17) is 4.74 Å². The zero-order valence-corrected chi connectivity index (χ0v) is 20.6. The maximum atomic E-state index is 13.2. The topological polar surface area (TPSA) is 82.2 Å². The van der Waals surface area contributed by atoms with Crippen LogP contribution in [0.25, 0.3) is 5.69 Å². The summed E-state index contributed by atoms with van der Waals surface area (Å²) in [6.45, 7) is 6.00. The lowest BCUT2D eigenvalue weighted by Crippen LogP contribution is -2.22. The molecule has 2 fully saturated rings. The van der Waals surface area contributed by atoms with Crippen LogP contribution in [0.5, 0.6) is 0 Å². The molecule has 1 aromatic carbocycles. The summed E-state index contributed by atoms with van der Waals surface area (Å²) in [7, 11) is 1.37. The maximum Gasteiger partial charge on any atom is 0.337 e. The van der Waals surface area contributed by atoms with Crippen molar-refractivity contribution in [3.63, 3.8) is 0 Å². The molecule has 2 aromatic heterocycles. The van der Waals surface area contributed by atoms with Crippen LogP contribution in [0.3, 0.4) is 0 Å². The third-order valence-electron chi connectivity index (χ3n) is 6.56. The molecule has 1 saturated carbocycles. The van der Waals surface area contributed by atoms with Gasteiger partial charge in [-0.25, -0.2) is 4.79 Å². The van der Waals surface area contributed by atoms with Gasteiger partial charge >= 0.3 is 5.97 Å². The molecule has 9 heteroatoms. The second-order valence-corrected chi connectivity index (χ2v) is 9.89. The van der Waals surface area contributed by atoms with Crippen molar-refractivity contribution in [2.45, 2.75) is 50.7 Å². The molecule has 3 aromatic rings. The minimum Gasteiger partial charge on any atom is -0.465 e. The first-order chi connectivity index (χ1) is 16.5. The Kier molecular flexibility index (Phi) is 6.20. The van der Waals surface area contributed by atoms with Gasteiger partial charge in [0.15, 0.2) is 10.9 Å². The fourth-order valence-corrected chi connectivity index (χ4v) is 5.55. The van der Waals surface area contributed by atoms with Gasteiger partial charge in [-0.15, -0.1) is 10.2 Å². The van der Waals surface area contributed by atoms with Crippen LogP contribution in [-0.4, -0.2) is 57.0 Å². The van der Waals surface area contributed by atoms with Crippen molar-refractivity contribution in [2.75, 3.05) is 30.9 Å². The molecule has 1 aliphatic heterocycles. The van der Waals surface area contributed by atoms with Crippen LogP contribution in [0, 0.1) is 13.8 Å². The third-order valence-corrected chi connectivity index (χ3v) is 7.50. The number of nitrogens with zero attached hydrogens (tertiary/aromatic N) is 5. The number of carbonyl (C=O) groups is 2. The first kappa shape index (κ1) is 22.7. The largest absolute Gasteiger partial charge is 0.465 e. The van der Waals surface area contributed by atoms with E-state index in [0.717, 1.165) is 54.1 Å². The van der Waals surface area contributed by atoms with Gasteiger partial charge in [0.2, 0.25) is 5.95 Å². The summed E-state index contributed by atoms with van der Waals surface area (Å²) < 4.78 is 9.06. The van der Waals surface area contributed by atoms with Gasteiger partial charge in [-0.1, -0.05) is 11.8 Å². The Balaban J connectivity index is 1.33. The van der Waals surface area contributed by atoms with Crippen molar-refractivity contribution in [3.8, 4) is 5.69 Å². The standard InChI is InChI=1S/C25H29N5O3S/c1-16-14-21(17(2)29(16)19-8-6-18(7-9-19)23(32)33-3)22(31)15-34-25-27-26-24(28-12-4-5-13-28)30(25)20-10-11-20/h6-9,14,20H,4-5,10-13,15H2,1-3H3. The fraction of sp³-hybridized carbons (Fsp3) is 0.440. The molecule has 5 rings (SSSR count). The monoisotopic (exact) mass is 479 g/mol. The molecule has 0 spiro atoms. The summed E-state index contributed by atoms with van der Waals surface area (Å²) in [6, 6.07) is 9.61. The first-order valence-corrected chi connectivity index (χ1v) is 12.7. The molecule has 0 bridgehead atoms. The van der Waals surface area contributed by atoms with Crippen LogP contribution < -0.4 is 4.90 Å². The Bertz CT molecular complexity index is 1220. The normalized spacial score (nSPS) is 15.7. The van der Waals surface area contributed by atoms with Gasteiger partial charge in [-0.3, -0.25) is 9.36 Å². The van der Waals surface area contributed by atoms with Crippen LogP contribution in [0.1, 0.15) is 63.8 Å². The van der Waals surface area contributed by atoms with Gasteiger partial charge in [0.1, 0.15) is 0 Å². The van der Waals surface area contributed by atoms with Crippen LogP contribution in [-0.2, 0) is 4.74 Å². The van der Waals surface area contributed by atoms with Crippen LogP contribution in [0.15, 0.2) is 35.5 Å². The van der Waals surface area contributed by atoms with E-state index in [9.17, 15) is 9.59 Å². The molecule has 178 valence electrons. The predicted molar refractivity (Wildman–Crippen MR) is 131 cm³/mol. The summed E-state index contributed by atoms with van der Waals surface area (Å²) in [5.74, 6) is 0.982. The van der Waals surface area contributed by atoms with E-state index in [-0.39, 0.29) is 11.8 Å². The number of anilines is 1. The minimum atomic E-state index is -0.368. The van der Waals surface area contributed by atoms with E-state index in [1.54, 1.807) is 12.1 Å². The number of thioether (sulfide) groups is 1. The third kappa shape index (κ3) is 4.24. The number of esters is 1. The fourth-order valence-electron chi connectivity index (χ4n) is 4.67. The number of aromatic nitrogens is 4. The Hall–Kier alpha value is -3.07. The number of carbonyl (C=O) groups excluding carboxylic acids is 2. The number of ketones is 1. The van der Waals surface area contributed by atoms with Crippen molar-refractivity contribution < 1.29 is 14.3 Å². The minimum absolute atomic E-state index is 0.0728. The Labute approximate surface area is 203 Å². The average Bonchev–Trinajstić information content (AvgIpc) is 3.24. The summed E-state index contributed by atoms with van der Waals surface area (Å²) >= 11 is 1.48. The lowest BCUT2D eigenvalue weighted by atomic mass is 10.2. The first-order valence-electron chi connectivity index (χ1n) is 11.7. The zero-order chi connectivity index (χ0) is 23.8. The zero-order valence-electron chi connectivity index (χ0n) is 19.8. The number of rotatable bonds is 8. The summed E-state index contributed by atoms with van der Waals surface area (Å²) in [5.41, 5.74) is 3.95. The molecule has 0 radical (unpaired) electrons. The number of aryl methyl sites for hydroxylation is 1. The molecule has 34 heavy (non-hydrogen) atoms. The lowest BCUT2D eigenvalue weighted by Gasteiger charge is -2.17. The van der Waals surface area contributed by atoms with Gasteiger partial charge in [0.05, 0.1) is 18.4 Å². The van der Waals surface area contributed by atoms with Gasteiger partial charge in [0.25, 0.3) is 0 Å². The highest BCUT2D eigenvalue weighted by molar-refractivity contribution is 7.99. The predicted octanol–water partition coefficient (Wildman–Crippen LogP) is 4.38. The van der Waals surface area contributed by atoms with E-state index in [1.165, 1.54) is 31.7 Å². The Morgan fingerprint density at radius 2 is 1.79 bits per heavy atom. The molecule has 3 heterocycles. The van der Waals surface area contributed by atoms with Crippen molar-refractivity contribution in [1.82, 2.24) is 19.3 Å². The smallest absolute Gasteiger partial charge is 0.337 e. The number of methoxy groups -OCH3 is 1. The maximum absolute atomic E-state index is 13.2. The molecular formula is C25H29N5O3S. The Morgan fingerprint density at radius 1 is 1.09 bits per heavy atom. The second-order valence-electron chi connectivity index (χ2n) is 8.95. The molecule has 1 saturated heterocycles. The van der Waals surface area contributed by atoms with E-state index in [2.05, 4.69) is 19.7 Å². The van der Waals surface area contributed by atoms with Crippen LogP contribution >= 0.6 is 11.8 Å². The number of Topliss-reactive ketones (excluding diaryl/α,β-unsaturated/α-hetero) is 1. The molecule has 0 N–H and O–H groups in total. The molecule has 8 nitrogen and oxygen atoms in total. The van der Waals surface area contributed by atoms with Crippen LogP contribution in [0.2, 0.25) is 0 Å². The van der Waals surface area contributed by atoms with Gasteiger partial charge in [0, 0.05) is 41.8 Å². The van der Waals surface area contributed by atoms with Crippen molar-refractivity contribution >= 4 is 29.5 Å². The summed E-state index contributed by atoms with van der Waals surface area (Å²) in [4.78, 5) is 27.3. The molecule has 2 aliphatic rings. The summed E-state index contributed by atoms with van der Waals surface area (Å²) in [5, 5.41) is 9.77. The highest BCUT2D eigenvalue weighted by atomic mass is 32.2. The second kappa shape index (κ2) is 9.29. The number of hydrogen-bond donors (Lipinski definition) is 0.